The van der Waals surface area contributed by atoms with Crippen molar-refractivity contribution in [2.75, 3.05) is 0 Å². The third-order valence-corrected chi connectivity index (χ3v) is 4.61. The Bertz CT molecular complexity index is 621. The average molecular weight is 309 g/mol. The quantitative estimate of drug-likeness (QED) is 0.462. The maximum Gasteiger partial charge on any atom is 0.282 e. The van der Waals surface area contributed by atoms with E-state index in [1.165, 1.54) is 24.2 Å². The van der Waals surface area contributed by atoms with Crippen LogP contribution in [0.25, 0.3) is 10.1 Å². The summed E-state index contributed by atoms with van der Waals surface area (Å²) in [4.78, 5) is 12.5. The monoisotopic (exact) mass is 308 g/mol. The number of hydrazone groups is 1. The fourth-order valence-electron chi connectivity index (χ4n) is 1.87. The Morgan fingerprint density at radius 3 is 2.95 bits per heavy atom. The average Bonchev–Trinajstić information content (AvgIpc) is 2.80. The highest BCUT2D eigenvalue weighted by atomic mass is 35.5. The van der Waals surface area contributed by atoms with Crippen LogP contribution in [0.3, 0.4) is 0 Å². The lowest BCUT2D eigenvalue weighted by atomic mass is 10.2. The number of hydrogen-bond acceptors (Lipinski definition) is 3. The molecule has 0 bridgehead atoms. The van der Waals surface area contributed by atoms with E-state index in [-0.39, 0.29) is 5.91 Å². The van der Waals surface area contributed by atoms with E-state index in [2.05, 4.69) is 17.5 Å². The van der Waals surface area contributed by atoms with Gasteiger partial charge in [0.25, 0.3) is 5.91 Å². The maximum atomic E-state index is 12.0. The van der Waals surface area contributed by atoms with Crippen LogP contribution >= 0.6 is 22.9 Å². The van der Waals surface area contributed by atoms with E-state index in [1.54, 1.807) is 6.21 Å². The second kappa shape index (κ2) is 7.41. The van der Waals surface area contributed by atoms with E-state index in [0.717, 1.165) is 22.9 Å². The summed E-state index contributed by atoms with van der Waals surface area (Å²) in [5.74, 6) is -0.247. The first kappa shape index (κ1) is 15.0. The molecular weight excluding hydrogens is 292 g/mol. The molecule has 1 amide bonds. The first-order valence-corrected chi connectivity index (χ1v) is 7.92. The second-order valence-electron chi connectivity index (χ2n) is 4.49. The van der Waals surface area contributed by atoms with E-state index >= 15 is 0 Å². The summed E-state index contributed by atoms with van der Waals surface area (Å²) in [5.41, 5.74) is 2.53. The van der Waals surface area contributed by atoms with Gasteiger partial charge in [-0.2, -0.15) is 5.10 Å². The van der Waals surface area contributed by atoms with Crippen molar-refractivity contribution >= 4 is 45.1 Å². The van der Waals surface area contributed by atoms with Crippen molar-refractivity contribution in [2.45, 2.75) is 32.6 Å². The van der Waals surface area contributed by atoms with Gasteiger partial charge in [-0.05, 0) is 18.9 Å². The van der Waals surface area contributed by atoms with Crippen molar-refractivity contribution in [3.8, 4) is 0 Å². The first-order valence-electron chi connectivity index (χ1n) is 6.73. The number of nitrogens with one attached hydrogen (secondary N) is 1. The molecule has 1 N–H and O–H groups in total. The van der Waals surface area contributed by atoms with Gasteiger partial charge < -0.3 is 0 Å². The first-order chi connectivity index (χ1) is 9.74. The molecule has 0 saturated carbocycles. The fraction of sp³-hybridized carbons (Fsp3) is 0.333. The molecule has 0 unspecified atom stereocenters. The van der Waals surface area contributed by atoms with Crippen LogP contribution < -0.4 is 5.43 Å². The highest BCUT2D eigenvalue weighted by molar-refractivity contribution is 7.21. The molecule has 0 radical (unpaired) electrons. The number of hydrogen-bond donors (Lipinski definition) is 1. The molecule has 0 spiro atoms. The Hall–Kier alpha value is -1.39. The number of rotatable bonds is 6. The molecule has 2 rings (SSSR count). The molecule has 0 aliphatic heterocycles. The standard InChI is InChI=1S/C15H17ClN2OS/c1-2-3-4-7-10-17-18-15(19)14-13(16)11-8-5-6-9-12(11)20-14/h5-6,8-10H,2-4,7H2,1H3,(H,18,19). The van der Waals surface area contributed by atoms with Gasteiger partial charge in [-0.1, -0.05) is 49.6 Å². The van der Waals surface area contributed by atoms with Gasteiger partial charge in [-0.25, -0.2) is 5.43 Å². The molecule has 5 heteroatoms. The maximum absolute atomic E-state index is 12.0. The summed E-state index contributed by atoms with van der Waals surface area (Å²) in [6, 6.07) is 7.72. The van der Waals surface area contributed by atoms with Gasteiger partial charge in [-0.15, -0.1) is 11.3 Å². The van der Waals surface area contributed by atoms with Crippen LogP contribution in [0, 0.1) is 0 Å². The van der Waals surface area contributed by atoms with Crippen molar-refractivity contribution < 1.29 is 4.79 Å². The van der Waals surface area contributed by atoms with E-state index in [1.807, 2.05) is 24.3 Å². The minimum atomic E-state index is -0.247. The van der Waals surface area contributed by atoms with Gasteiger partial charge in [0.15, 0.2) is 0 Å². The number of thiophene rings is 1. The largest absolute Gasteiger partial charge is 0.282 e. The predicted octanol–water partition coefficient (Wildman–Crippen LogP) is 4.85. The van der Waals surface area contributed by atoms with E-state index in [0.29, 0.717) is 9.90 Å². The third kappa shape index (κ3) is 3.58. The van der Waals surface area contributed by atoms with Crippen LogP contribution in [-0.4, -0.2) is 12.1 Å². The predicted molar refractivity (Wildman–Crippen MR) is 86.9 cm³/mol. The highest BCUT2D eigenvalue weighted by Crippen LogP contribution is 2.34. The molecular formula is C15H17ClN2OS. The smallest absolute Gasteiger partial charge is 0.266 e. The number of fused-ring (bicyclic) bond motifs is 1. The zero-order valence-electron chi connectivity index (χ0n) is 11.4. The number of benzene rings is 1. The zero-order chi connectivity index (χ0) is 14.4. The van der Waals surface area contributed by atoms with Gasteiger partial charge >= 0.3 is 0 Å². The molecule has 1 aromatic heterocycles. The lowest BCUT2D eigenvalue weighted by molar-refractivity contribution is 0.0959. The normalized spacial score (nSPS) is 11.3. The number of nitrogens with zero attached hydrogens (tertiary/aromatic N) is 1. The molecule has 2 aromatic rings. The van der Waals surface area contributed by atoms with Crippen LogP contribution in [0.2, 0.25) is 5.02 Å². The minimum Gasteiger partial charge on any atom is -0.266 e. The number of carbonyl (C=O) groups is 1. The number of carbonyl (C=O) groups excluding carboxylic acids is 1. The summed E-state index contributed by atoms with van der Waals surface area (Å²) >= 11 is 7.62. The van der Waals surface area contributed by atoms with E-state index < -0.39 is 0 Å². The van der Waals surface area contributed by atoms with Crippen LogP contribution in [0.1, 0.15) is 42.3 Å². The summed E-state index contributed by atoms with van der Waals surface area (Å²) < 4.78 is 1.01. The Labute approximate surface area is 127 Å². The SMILES string of the molecule is CCCCCC=NNC(=O)c1sc2ccccc2c1Cl. The van der Waals surface area contributed by atoms with E-state index in [9.17, 15) is 4.79 Å². The van der Waals surface area contributed by atoms with Crippen LogP contribution in [0.5, 0.6) is 0 Å². The highest BCUT2D eigenvalue weighted by Gasteiger charge is 2.16. The molecule has 106 valence electrons. The number of amides is 1. The van der Waals surface area contributed by atoms with Gasteiger partial charge in [0.1, 0.15) is 4.88 Å². The van der Waals surface area contributed by atoms with E-state index in [4.69, 9.17) is 11.6 Å². The molecule has 1 heterocycles. The molecule has 0 atom stereocenters. The second-order valence-corrected chi connectivity index (χ2v) is 5.92. The van der Waals surface area contributed by atoms with Crippen molar-refractivity contribution in [1.29, 1.82) is 0 Å². The van der Waals surface area contributed by atoms with Crippen LogP contribution in [0.15, 0.2) is 29.4 Å². The summed E-state index contributed by atoms with van der Waals surface area (Å²) in [6.45, 7) is 2.16. The van der Waals surface area contributed by atoms with Gasteiger partial charge in [0.2, 0.25) is 0 Å². The number of halogens is 1. The Balaban J connectivity index is 1.99. The molecule has 1 aromatic carbocycles. The van der Waals surface area contributed by atoms with Crippen molar-refractivity contribution in [2.24, 2.45) is 5.10 Å². The van der Waals surface area contributed by atoms with Crippen molar-refractivity contribution in [3.05, 3.63) is 34.2 Å². The minimum absolute atomic E-state index is 0.247. The summed E-state index contributed by atoms with van der Waals surface area (Å²) in [6.07, 6.45) is 6.09. The Kier molecular flexibility index (Phi) is 5.56. The lowest BCUT2D eigenvalue weighted by Crippen LogP contribution is -2.16. The Morgan fingerprint density at radius 2 is 2.20 bits per heavy atom. The molecule has 20 heavy (non-hydrogen) atoms. The zero-order valence-corrected chi connectivity index (χ0v) is 12.9. The molecule has 0 fully saturated rings. The number of unbranched alkanes of at least 4 members (excludes halogenated alkanes) is 3. The van der Waals surface area contributed by atoms with Crippen molar-refractivity contribution in [1.82, 2.24) is 5.43 Å². The molecule has 0 saturated heterocycles. The molecule has 0 aliphatic rings. The fourth-order valence-corrected chi connectivity index (χ4v) is 3.27. The van der Waals surface area contributed by atoms with Gasteiger partial charge in [0.05, 0.1) is 5.02 Å². The van der Waals surface area contributed by atoms with Gasteiger partial charge in [0, 0.05) is 16.3 Å². The lowest BCUT2D eigenvalue weighted by Gasteiger charge is -1.97. The summed E-state index contributed by atoms with van der Waals surface area (Å²) in [7, 11) is 0. The van der Waals surface area contributed by atoms with Crippen LogP contribution in [-0.2, 0) is 0 Å². The third-order valence-electron chi connectivity index (χ3n) is 2.94. The molecule has 3 nitrogen and oxygen atoms in total. The van der Waals surface area contributed by atoms with Gasteiger partial charge in [-0.3, -0.25) is 4.79 Å². The molecule has 0 aliphatic carbocycles. The van der Waals surface area contributed by atoms with Crippen molar-refractivity contribution in [3.63, 3.8) is 0 Å². The van der Waals surface area contributed by atoms with Crippen LogP contribution in [0.4, 0.5) is 0 Å². The Morgan fingerprint density at radius 1 is 1.40 bits per heavy atom. The summed E-state index contributed by atoms with van der Waals surface area (Å²) in [5, 5.41) is 5.37. The topological polar surface area (TPSA) is 41.5 Å².